The van der Waals surface area contributed by atoms with E-state index in [1.54, 1.807) is 0 Å². The molecule has 5 nitrogen and oxygen atoms in total. The molecule has 0 saturated carbocycles. The Kier molecular flexibility index (Phi) is 3.84. The summed E-state index contributed by atoms with van der Waals surface area (Å²) in [6, 6.07) is 0. The van der Waals surface area contributed by atoms with Crippen LogP contribution in [0.25, 0.3) is 0 Å². The minimum atomic E-state index is -0.459. The van der Waals surface area contributed by atoms with Gasteiger partial charge in [0.2, 0.25) is 5.91 Å². The van der Waals surface area contributed by atoms with Gasteiger partial charge in [0.05, 0.1) is 6.61 Å². The van der Waals surface area contributed by atoms with Gasteiger partial charge in [-0.25, -0.2) is 0 Å². The zero-order valence-electron chi connectivity index (χ0n) is 7.95. The Morgan fingerprint density at radius 2 is 2.50 bits per heavy atom. The molecule has 3 N–H and O–H groups in total. The first-order valence-corrected chi connectivity index (χ1v) is 4.62. The van der Waals surface area contributed by atoms with Gasteiger partial charge in [-0.3, -0.25) is 4.79 Å². The maximum atomic E-state index is 10.3. The number of carbonyl (C=O) groups is 1. The highest BCUT2D eigenvalue weighted by atomic mass is 32.1. The summed E-state index contributed by atoms with van der Waals surface area (Å²) in [5, 5.41) is 0. The molecule has 0 spiro atoms. The molecule has 0 atom stereocenters. The lowest BCUT2D eigenvalue weighted by Crippen LogP contribution is -2.19. The van der Waals surface area contributed by atoms with E-state index in [2.05, 4.69) is 4.98 Å². The van der Waals surface area contributed by atoms with Crippen LogP contribution < -0.4 is 5.73 Å². The number of H-pyrrole nitrogens is 1. The van der Waals surface area contributed by atoms with Crippen molar-refractivity contribution in [2.45, 2.75) is 13.5 Å². The van der Waals surface area contributed by atoms with Crippen molar-refractivity contribution in [3.05, 3.63) is 16.7 Å². The van der Waals surface area contributed by atoms with E-state index in [0.29, 0.717) is 17.9 Å². The summed E-state index contributed by atoms with van der Waals surface area (Å²) in [6.07, 6.45) is 1.90. The number of imidazole rings is 1. The van der Waals surface area contributed by atoms with Crippen LogP contribution in [0.3, 0.4) is 0 Å². The number of aryl methyl sites for hydroxylation is 1. The van der Waals surface area contributed by atoms with Crippen LogP contribution in [0.1, 0.15) is 5.69 Å². The second kappa shape index (κ2) is 4.92. The number of hydrogen-bond donors (Lipinski definition) is 2. The molecule has 1 aromatic rings. The molecule has 1 aromatic heterocycles. The number of nitrogens with two attached hydrogens (primary N) is 1. The van der Waals surface area contributed by atoms with Gasteiger partial charge in [-0.2, -0.15) is 0 Å². The zero-order valence-corrected chi connectivity index (χ0v) is 8.76. The van der Waals surface area contributed by atoms with E-state index >= 15 is 0 Å². The fourth-order valence-corrected chi connectivity index (χ4v) is 1.37. The molecule has 0 aromatic carbocycles. The van der Waals surface area contributed by atoms with E-state index in [-0.39, 0.29) is 6.61 Å². The summed E-state index contributed by atoms with van der Waals surface area (Å²) in [4.78, 5) is 13.3. The third-order valence-electron chi connectivity index (χ3n) is 1.64. The molecule has 0 aliphatic heterocycles. The van der Waals surface area contributed by atoms with E-state index < -0.39 is 5.91 Å². The first-order valence-electron chi connectivity index (χ1n) is 4.21. The lowest BCUT2D eigenvalue weighted by Gasteiger charge is -2.02. The van der Waals surface area contributed by atoms with Crippen LogP contribution in [0.4, 0.5) is 0 Å². The first kappa shape index (κ1) is 10.9. The normalized spacial score (nSPS) is 10.4. The largest absolute Gasteiger partial charge is 0.370 e. The Bertz CT molecular complexity index is 369. The van der Waals surface area contributed by atoms with Crippen molar-refractivity contribution in [2.75, 3.05) is 13.2 Å². The first-order chi connectivity index (χ1) is 6.59. The van der Waals surface area contributed by atoms with Crippen LogP contribution in [-0.2, 0) is 16.1 Å². The van der Waals surface area contributed by atoms with Crippen molar-refractivity contribution >= 4 is 18.1 Å². The van der Waals surface area contributed by atoms with Crippen molar-refractivity contribution in [3.8, 4) is 0 Å². The average molecular weight is 215 g/mol. The third-order valence-corrected chi connectivity index (χ3v) is 1.97. The summed E-state index contributed by atoms with van der Waals surface area (Å²) >= 11 is 5.03. The van der Waals surface area contributed by atoms with Crippen molar-refractivity contribution in [1.29, 1.82) is 0 Å². The Labute approximate surface area is 86.9 Å². The minimum absolute atomic E-state index is 0.0449. The molecular weight excluding hydrogens is 202 g/mol. The Morgan fingerprint density at radius 3 is 3.00 bits per heavy atom. The summed E-state index contributed by atoms with van der Waals surface area (Å²) in [6.45, 7) is 2.93. The van der Waals surface area contributed by atoms with Gasteiger partial charge in [0.15, 0.2) is 4.77 Å². The van der Waals surface area contributed by atoms with Crippen LogP contribution in [-0.4, -0.2) is 28.7 Å². The predicted octanol–water partition coefficient (Wildman–Crippen LogP) is 0.356. The number of ether oxygens (including phenoxy) is 1. The van der Waals surface area contributed by atoms with Crippen LogP contribution in [0.15, 0.2) is 6.20 Å². The molecule has 0 bridgehead atoms. The van der Waals surface area contributed by atoms with E-state index in [0.717, 1.165) is 5.69 Å². The molecule has 0 radical (unpaired) electrons. The summed E-state index contributed by atoms with van der Waals surface area (Å²) in [5.74, 6) is -0.459. The van der Waals surface area contributed by atoms with Crippen molar-refractivity contribution in [2.24, 2.45) is 5.73 Å². The fraction of sp³-hybridized carbons (Fsp3) is 0.500. The number of carbonyl (C=O) groups excluding carboxylic acids is 1. The predicted molar refractivity (Wildman–Crippen MR) is 54.4 cm³/mol. The summed E-state index contributed by atoms with van der Waals surface area (Å²) < 4.78 is 7.52. The van der Waals surface area contributed by atoms with Gasteiger partial charge in [-0.15, -0.1) is 0 Å². The van der Waals surface area contributed by atoms with Gasteiger partial charge in [-0.05, 0) is 19.1 Å². The van der Waals surface area contributed by atoms with Crippen LogP contribution in [0, 0.1) is 11.7 Å². The number of rotatable bonds is 5. The fourth-order valence-electron chi connectivity index (χ4n) is 1.07. The second-order valence-corrected chi connectivity index (χ2v) is 3.34. The minimum Gasteiger partial charge on any atom is -0.370 e. The van der Waals surface area contributed by atoms with Gasteiger partial charge in [0.25, 0.3) is 0 Å². The number of aromatic nitrogens is 2. The van der Waals surface area contributed by atoms with Gasteiger partial charge in [-0.1, -0.05) is 0 Å². The summed E-state index contributed by atoms with van der Waals surface area (Å²) in [7, 11) is 0. The topological polar surface area (TPSA) is 73.0 Å². The highest BCUT2D eigenvalue weighted by Crippen LogP contribution is 1.96. The summed E-state index contributed by atoms with van der Waals surface area (Å²) in [5.41, 5.74) is 5.91. The number of hydrogen-bond acceptors (Lipinski definition) is 3. The quantitative estimate of drug-likeness (QED) is 0.550. The van der Waals surface area contributed by atoms with Crippen molar-refractivity contribution in [3.63, 3.8) is 0 Å². The van der Waals surface area contributed by atoms with Gasteiger partial charge in [0.1, 0.15) is 6.61 Å². The van der Waals surface area contributed by atoms with Gasteiger partial charge in [0, 0.05) is 18.4 Å². The molecule has 1 rings (SSSR count). The van der Waals surface area contributed by atoms with Crippen molar-refractivity contribution < 1.29 is 9.53 Å². The molecule has 0 saturated heterocycles. The zero-order chi connectivity index (χ0) is 10.6. The molecule has 1 amide bonds. The number of nitrogens with one attached hydrogen (secondary N) is 1. The average Bonchev–Trinajstić information content (AvgIpc) is 2.39. The second-order valence-electron chi connectivity index (χ2n) is 2.95. The molecular formula is C8H13N3O2S. The molecule has 0 aliphatic rings. The molecule has 0 fully saturated rings. The maximum Gasteiger partial charge on any atom is 0.243 e. The Balaban J connectivity index is 2.35. The van der Waals surface area contributed by atoms with Crippen molar-refractivity contribution in [1.82, 2.24) is 9.55 Å². The third kappa shape index (κ3) is 3.31. The number of nitrogens with zero attached hydrogens (tertiary/aromatic N) is 1. The molecule has 14 heavy (non-hydrogen) atoms. The molecule has 1 heterocycles. The SMILES string of the molecule is Cc1cn(CCOCC(N)=O)c(=S)[nH]1. The number of primary amides is 1. The van der Waals surface area contributed by atoms with Crippen LogP contribution in [0.5, 0.6) is 0 Å². The maximum absolute atomic E-state index is 10.3. The molecule has 0 unspecified atom stereocenters. The molecule has 6 heteroatoms. The standard InChI is InChI=1S/C8H13N3O2S/c1-6-4-11(8(14)10-6)2-3-13-5-7(9)12/h4H,2-3,5H2,1H3,(H2,9,12)(H,10,14). The van der Waals surface area contributed by atoms with E-state index in [1.807, 2.05) is 17.7 Å². The van der Waals surface area contributed by atoms with E-state index in [1.165, 1.54) is 0 Å². The van der Waals surface area contributed by atoms with Gasteiger partial charge >= 0.3 is 0 Å². The van der Waals surface area contributed by atoms with E-state index in [9.17, 15) is 4.79 Å². The highest BCUT2D eigenvalue weighted by molar-refractivity contribution is 7.71. The number of aromatic amines is 1. The molecule has 78 valence electrons. The molecule has 0 aliphatic carbocycles. The Morgan fingerprint density at radius 1 is 1.79 bits per heavy atom. The van der Waals surface area contributed by atoms with Crippen LogP contribution >= 0.6 is 12.2 Å². The Hall–Kier alpha value is -1.14. The lowest BCUT2D eigenvalue weighted by atomic mass is 10.5. The smallest absolute Gasteiger partial charge is 0.243 e. The monoisotopic (exact) mass is 215 g/mol. The van der Waals surface area contributed by atoms with E-state index in [4.69, 9.17) is 22.7 Å². The van der Waals surface area contributed by atoms with Crippen LogP contribution in [0.2, 0.25) is 0 Å². The highest BCUT2D eigenvalue weighted by Gasteiger charge is 1.97. The number of amides is 1. The van der Waals surface area contributed by atoms with Gasteiger partial charge < -0.3 is 20.0 Å². The lowest BCUT2D eigenvalue weighted by molar-refractivity contribution is -0.122.